The molecule has 1 aliphatic carbocycles. The molecule has 3 nitrogen and oxygen atoms in total. The largest absolute Gasteiger partial charge is 0.478 e. The fraction of sp³-hybridized carbons (Fsp3) is 0.250. The van der Waals surface area contributed by atoms with E-state index in [4.69, 9.17) is 5.11 Å². The van der Waals surface area contributed by atoms with E-state index in [2.05, 4.69) is 17.5 Å². The first-order valence-corrected chi connectivity index (χ1v) is 8.11. The van der Waals surface area contributed by atoms with E-state index in [1.165, 1.54) is 6.07 Å². The maximum absolute atomic E-state index is 13.6. The predicted octanol–water partition coefficient (Wildman–Crippen LogP) is 4.66. The first kappa shape index (κ1) is 14.9. The molecule has 2 aromatic rings. The Labute approximate surface area is 139 Å². The van der Waals surface area contributed by atoms with E-state index in [1.54, 1.807) is 24.3 Å². The zero-order valence-corrected chi connectivity index (χ0v) is 13.3. The van der Waals surface area contributed by atoms with E-state index in [9.17, 15) is 9.18 Å². The highest BCUT2D eigenvalue weighted by Gasteiger charge is 2.38. The van der Waals surface area contributed by atoms with Crippen LogP contribution >= 0.6 is 0 Å². The van der Waals surface area contributed by atoms with Crippen molar-refractivity contribution >= 4 is 11.7 Å². The van der Waals surface area contributed by atoms with Gasteiger partial charge < -0.3 is 10.4 Å². The second kappa shape index (κ2) is 5.48. The predicted molar refractivity (Wildman–Crippen MR) is 90.9 cm³/mol. The minimum atomic E-state index is -0.914. The quantitative estimate of drug-likeness (QED) is 0.790. The summed E-state index contributed by atoms with van der Waals surface area (Å²) in [6.45, 7) is 1.95. The van der Waals surface area contributed by atoms with Gasteiger partial charge in [-0.25, -0.2) is 9.18 Å². The highest BCUT2D eigenvalue weighted by atomic mass is 19.1. The standard InChI is InChI=1S/C20H18FNO2/c1-11-9-12(20(23)24)5-7-14(11)19-16-4-2-3-15(16)17-10-13(21)6-8-18(17)22-19/h2-3,5-10,15-16,19,22H,4H2,1H3,(H,23,24). The summed E-state index contributed by atoms with van der Waals surface area (Å²) in [6.07, 6.45) is 5.25. The van der Waals surface area contributed by atoms with Crippen molar-refractivity contribution < 1.29 is 14.3 Å². The number of allylic oxidation sites excluding steroid dienone is 2. The van der Waals surface area contributed by atoms with Crippen molar-refractivity contribution in [3.8, 4) is 0 Å². The van der Waals surface area contributed by atoms with E-state index in [0.29, 0.717) is 11.5 Å². The molecule has 0 bridgehead atoms. The van der Waals surface area contributed by atoms with Crippen molar-refractivity contribution in [1.82, 2.24) is 0 Å². The van der Waals surface area contributed by atoms with Crippen LogP contribution in [-0.2, 0) is 0 Å². The summed E-state index contributed by atoms with van der Waals surface area (Å²) < 4.78 is 13.6. The molecule has 2 aliphatic rings. The first-order valence-electron chi connectivity index (χ1n) is 8.11. The minimum Gasteiger partial charge on any atom is -0.478 e. The molecular weight excluding hydrogens is 305 g/mol. The highest BCUT2D eigenvalue weighted by Crippen LogP contribution is 2.50. The summed E-state index contributed by atoms with van der Waals surface area (Å²) in [7, 11) is 0. The van der Waals surface area contributed by atoms with Crippen molar-refractivity contribution in [2.24, 2.45) is 5.92 Å². The molecule has 0 saturated heterocycles. The molecule has 122 valence electrons. The molecule has 3 unspecified atom stereocenters. The number of fused-ring (bicyclic) bond motifs is 3. The molecule has 0 saturated carbocycles. The van der Waals surface area contributed by atoms with Gasteiger partial charge in [-0.2, -0.15) is 0 Å². The van der Waals surface area contributed by atoms with Gasteiger partial charge in [0.15, 0.2) is 0 Å². The van der Waals surface area contributed by atoms with Gasteiger partial charge in [0.1, 0.15) is 5.82 Å². The third-order valence-electron chi connectivity index (χ3n) is 5.18. The topological polar surface area (TPSA) is 49.3 Å². The molecule has 3 atom stereocenters. The summed E-state index contributed by atoms with van der Waals surface area (Å²) >= 11 is 0. The molecule has 2 aromatic carbocycles. The van der Waals surface area contributed by atoms with Crippen LogP contribution in [0, 0.1) is 18.7 Å². The minimum absolute atomic E-state index is 0.0887. The number of nitrogens with one attached hydrogen (secondary N) is 1. The number of carbonyl (C=O) groups is 1. The Morgan fingerprint density at radius 2 is 2.04 bits per heavy atom. The maximum Gasteiger partial charge on any atom is 0.335 e. The lowest BCUT2D eigenvalue weighted by atomic mass is 9.76. The number of aromatic carboxylic acids is 1. The normalized spacial score (nSPS) is 24.2. The summed E-state index contributed by atoms with van der Waals surface area (Å²) in [5.41, 5.74) is 4.33. The lowest BCUT2D eigenvalue weighted by Crippen LogP contribution is -2.29. The monoisotopic (exact) mass is 323 g/mol. The van der Waals surface area contributed by atoms with Gasteiger partial charge in [-0.15, -0.1) is 0 Å². The lowest BCUT2D eigenvalue weighted by molar-refractivity contribution is 0.0696. The molecule has 0 spiro atoms. The number of aryl methyl sites for hydroxylation is 1. The number of anilines is 1. The molecule has 0 radical (unpaired) electrons. The lowest BCUT2D eigenvalue weighted by Gasteiger charge is -2.38. The number of hydrogen-bond donors (Lipinski definition) is 2. The van der Waals surface area contributed by atoms with Crippen LogP contribution in [0.3, 0.4) is 0 Å². The van der Waals surface area contributed by atoms with Crippen LogP contribution in [0.25, 0.3) is 0 Å². The van der Waals surface area contributed by atoms with Gasteiger partial charge in [0.2, 0.25) is 0 Å². The van der Waals surface area contributed by atoms with Crippen LogP contribution in [0.2, 0.25) is 0 Å². The van der Waals surface area contributed by atoms with Gasteiger partial charge in [0.05, 0.1) is 11.6 Å². The zero-order valence-electron chi connectivity index (χ0n) is 13.3. The Morgan fingerprint density at radius 1 is 1.21 bits per heavy atom. The number of carboxylic acid groups (broad SMARTS) is 1. The van der Waals surface area contributed by atoms with Crippen LogP contribution in [0.1, 0.15) is 45.4 Å². The first-order chi connectivity index (χ1) is 11.5. The van der Waals surface area contributed by atoms with Gasteiger partial charge in [-0.3, -0.25) is 0 Å². The Hall–Kier alpha value is -2.62. The summed E-state index contributed by atoms with van der Waals surface area (Å²) in [5, 5.41) is 12.7. The molecule has 0 aromatic heterocycles. The van der Waals surface area contributed by atoms with Crippen molar-refractivity contribution in [2.45, 2.75) is 25.3 Å². The smallest absolute Gasteiger partial charge is 0.335 e. The Bertz CT molecular complexity index is 859. The summed E-state index contributed by atoms with van der Waals surface area (Å²) in [4.78, 5) is 11.2. The van der Waals surface area contributed by atoms with Crippen molar-refractivity contribution in [3.63, 3.8) is 0 Å². The van der Waals surface area contributed by atoms with Gasteiger partial charge in [0, 0.05) is 11.6 Å². The average Bonchev–Trinajstić information content (AvgIpc) is 3.04. The number of benzene rings is 2. The van der Waals surface area contributed by atoms with Crippen LogP contribution in [0.15, 0.2) is 48.6 Å². The van der Waals surface area contributed by atoms with Gasteiger partial charge in [-0.1, -0.05) is 18.2 Å². The van der Waals surface area contributed by atoms with Crippen LogP contribution < -0.4 is 5.32 Å². The van der Waals surface area contributed by atoms with Crippen LogP contribution in [0.5, 0.6) is 0 Å². The fourth-order valence-electron chi connectivity index (χ4n) is 4.03. The third kappa shape index (κ3) is 2.30. The number of rotatable bonds is 2. The Morgan fingerprint density at radius 3 is 2.79 bits per heavy atom. The van der Waals surface area contributed by atoms with Crippen molar-refractivity contribution in [1.29, 1.82) is 0 Å². The van der Waals surface area contributed by atoms with Crippen LogP contribution in [0.4, 0.5) is 10.1 Å². The number of halogens is 1. The highest BCUT2D eigenvalue weighted by molar-refractivity contribution is 5.88. The zero-order chi connectivity index (χ0) is 16.8. The molecule has 4 heteroatoms. The summed E-state index contributed by atoms with van der Waals surface area (Å²) in [5.74, 6) is -0.619. The molecule has 0 fully saturated rings. The molecule has 1 aliphatic heterocycles. The second-order valence-electron chi connectivity index (χ2n) is 6.58. The van der Waals surface area contributed by atoms with E-state index in [1.807, 2.05) is 13.0 Å². The number of hydrogen-bond acceptors (Lipinski definition) is 2. The van der Waals surface area contributed by atoms with E-state index < -0.39 is 5.97 Å². The average molecular weight is 323 g/mol. The van der Waals surface area contributed by atoms with Gasteiger partial charge >= 0.3 is 5.97 Å². The second-order valence-corrected chi connectivity index (χ2v) is 6.58. The molecule has 4 rings (SSSR count). The van der Waals surface area contributed by atoms with Crippen LogP contribution in [-0.4, -0.2) is 11.1 Å². The molecule has 0 amide bonds. The Kier molecular flexibility index (Phi) is 3.41. The van der Waals surface area contributed by atoms with Crippen molar-refractivity contribution in [2.75, 3.05) is 5.32 Å². The molecule has 1 heterocycles. The van der Waals surface area contributed by atoms with E-state index in [-0.39, 0.29) is 17.8 Å². The molecular formula is C20H18FNO2. The third-order valence-corrected chi connectivity index (χ3v) is 5.18. The van der Waals surface area contributed by atoms with E-state index in [0.717, 1.165) is 28.8 Å². The van der Waals surface area contributed by atoms with Gasteiger partial charge in [0.25, 0.3) is 0 Å². The maximum atomic E-state index is 13.6. The SMILES string of the molecule is Cc1cc(C(=O)O)ccc1C1Nc2ccc(F)cc2C2C=CCC21. The molecule has 2 N–H and O–H groups in total. The Balaban J connectivity index is 1.77. The van der Waals surface area contributed by atoms with E-state index >= 15 is 0 Å². The summed E-state index contributed by atoms with van der Waals surface area (Å²) in [6, 6.07) is 10.3. The van der Waals surface area contributed by atoms with Gasteiger partial charge in [-0.05, 0) is 66.3 Å². The molecule has 24 heavy (non-hydrogen) atoms. The number of carboxylic acids is 1. The fourth-order valence-corrected chi connectivity index (χ4v) is 4.03. The van der Waals surface area contributed by atoms with Crippen molar-refractivity contribution in [3.05, 3.63) is 76.6 Å².